The molecule has 0 amide bonds. The second-order valence-electron chi connectivity index (χ2n) is 3.92. The third-order valence-corrected chi connectivity index (χ3v) is 2.64. The van der Waals surface area contributed by atoms with E-state index in [2.05, 4.69) is 5.48 Å². The number of hydrogen-bond donors (Lipinski definition) is 2. The summed E-state index contributed by atoms with van der Waals surface area (Å²) >= 11 is 0. The number of hydrogen-bond acceptors (Lipinski definition) is 3. The molecule has 0 bridgehead atoms. The summed E-state index contributed by atoms with van der Waals surface area (Å²) in [6, 6.07) is 10.7. The van der Waals surface area contributed by atoms with Crippen LogP contribution >= 0.6 is 0 Å². The first-order valence-corrected chi connectivity index (χ1v) is 5.80. The van der Waals surface area contributed by atoms with Crippen molar-refractivity contribution >= 4 is 0 Å². The third kappa shape index (κ3) is 3.35. The maximum Gasteiger partial charge on any atom is 0.131 e. The van der Waals surface area contributed by atoms with E-state index in [-0.39, 0.29) is 19.1 Å². The van der Waals surface area contributed by atoms with Gasteiger partial charge in [0.1, 0.15) is 11.6 Å². The Kier molecular flexibility index (Phi) is 4.57. The highest BCUT2D eigenvalue weighted by Gasteiger charge is 2.08. The van der Waals surface area contributed by atoms with Gasteiger partial charge in [0, 0.05) is 11.1 Å². The highest BCUT2D eigenvalue weighted by Crippen LogP contribution is 2.24. The maximum absolute atomic E-state index is 13.7. The Hall–Kier alpha value is -1.82. The SMILES string of the molecule is NCNOCc1cc(-c2ccccc2F)ccc1F. The van der Waals surface area contributed by atoms with Crippen molar-refractivity contribution in [1.82, 2.24) is 5.48 Å². The molecule has 0 aromatic heterocycles. The summed E-state index contributed by atoms with van der Waals surface area (Å²) in [5.41, 5.74) is 8.99. The molecule has 0 unspecified atom stereocenters. The van der Waals surface area contributed by atoms with E-state index in [1.165, 1.54) is 18.2 Å². The Labute approximate surface area is 110 Å². The first kappa shape index (κ1) is 13.6. The van der Waals surface area contributed by atoms with Crippen molar-refractivity contribution in [2.24, 2.45) is 5.73 Å². The van der Waals surface area contributed by atoms with Gasteiger partial charge in [-0.15, -0.1) is 0 Å². The van der Waals surface area contributed by atoms with Crippen LogP contribution in [0.15, 0.2) is 42.5 Å². The highest BCUT2D eigenvalue weighted by molar-refractivity contribution is 5.64. The Morgan fingerprint density at radius 2 is 1.84 bits per heavy atom. The van der Waals surface area contributed by atoms with E-state index in [9.17, 15) is 8.78 Å². The first-order chi connectivity index (χ1) is 9.22. The molecule has 2 aromatic rings. The number of nitrogens with one attached hydrogen (secondary N) is 1. The van der Waals surface area contributed by atoms with Gasteiger partial charge in [0.15, 0.2) is 0 Å². The monoisotopic (exact) mass is 264 g/mol. The smallest absolute Gasteiger partial charge is 0.131 e. The average molecular weight is 264 g/mol. The van der Waals surface area contributed by atoms with E-state index in [0.717, 1.165) is 0 Å². The zero-order valence-electron chi connectivity index (χ0n) is 10.2. The summed E-state index contributed by atoms with van der Waals surface area (Å²) in [4.78, 5) is 4.96. The fourth-order valence-electron chi connectivity index (χ4n) is 1.74. The molecule has 0 saturated heterocycles. The molecular formula is C14H14F2N2O. The van der Waals surface area contributed by atoms with E-state index in [1.54, 1.807) is 24.3 Å². The molecule has 0 atom stereocenters. The average Bonchev–Trinajstić information content (AvgIpc) is 2.42. The van der Waals surface area contributed by atoms with E-state index >= 15 is 0 Å². The van der Waals surface area contributed by atoms with Crippen LogP contribution in [0.4, 0.5) is 8.78 Å². The Balaban J connectivity index is 2.28. The molecule has 2 aromatic carbocycles. The van der Waals surface area contributed by atoms with Crippen molar-refractivity contribution in [2.75, 3.05) is 6.67 Å². The van der Waals surface area contributed by atoms with Crippen LogP contribution in [-0.2, 0) is 11.4 Å². The van der Waals surface area contributed by atoms with Gasteiger partial charge in [-0.05, 0) is 23.8 Å². The summed E-state index contributed by atoms with van der Waals surface area (Å²) in [6.07, 6.45) is 0. The summed E-state index contributed by atoms with van der Waals surface area (Å²) in [5.74, 6) is -0.750. The lowest BCUT2D eigenvalue weighted by molar-refractivity contribution is 0.0282. The molecule has 0 heterocycles. The van der Waals surface area contributed by atoms with Crippen LogP contribution < -0.4 is 11.2 Å². The van der Waals surface area contributed by atoms with Crippen molar-refractivity contribution in [2.45, 2.75) is 6.61 Å². The number of rotatable bonds is 5. The lowest BCUT2D eigenvalue weighted by atomic mass is 10.0. The van der Waals surface area contributed by atoms with Crippen molar-refractivity contribution in [3.63, 3.8) is 0 Å². The molecule has 100 valence electrons. The van der Waals surface area contributed by atoms with Crippen LogP contribution in [0.2, 0.25) is 0 Å². The van der Waals surface area contributed by atoms with E-state index in [4.69, 9.17) is 10.6 Å². The quantitative estimate of drug-likeness (QED) is 0.495. The van der Waals surface area contributed by atoms with Crippen LogP contribution in [-0.4, -0.2) is 6.67 Å². The normalized spacial score (nSPS) is 10.7. The lowest BCUT2D eigenvalue weighted by Gasteiger charge is -2.08. The summed E-state index contributed by atoms with van der Waals surface area (Å²) in [6.45, 7) is 0.153. The molecule has 0 spiro atoms. The van der Waals surface area contributed by atoms with Crippen molar-refractivity contribution < 1.29 is 13.6 Å². The summed E-state index contributed by atoms with van der Waals surface area (Å²) < 4.78 is 27.2. The Morgan fingerprint density at radius 1 is 1.05 bits per heavy atom. The van der Waals surface area contributed by atoms with E-state index in [1.807, 2.05) is 0 Å². The van der Waals surface area contributed by atoms with E-state index in [0.29, 0.717) is 16.7 Å². The Bertz CT molecular complexity index is 561. The lowest BCUT2D eigenvalue weighted by Crippen LogP contribution is -2.22. The molecule has 3 N–H and O–H groups in total. The predicted octanol–water partition coefficient (Wildman–Crippen LogP) is 2.57. The number of nitrogens with two attached hydrogens (primary N) is 1. The minimum atomic E-state index is -0.404. The van der Waals surface area contributed by atoms with Gasteiger partial charge in [-0.25, -0.2) is 8.78 Å². The summed E-state index contributed by atoms with van der Waals surface area (Å²) in [5, 5.41) is 0. The molecule has 3 nitrogen and oxygen atoms in total. The van der Waals surface area contributed by atoms with Gasteiger partial charge >= 0.3 is 0 Å². The highest BCUT2D eigenvalue weighted by atomic mass is 19.1. The zero-order chi connectivity index (χ0) is 13.7. The van der Waals surface area contributed by atoms with Gasteiger partial charge in [0.05, 0.1) is 13.3 Å². The van der Waals surface area contributed by atoms with Crippen LogP contribution in [0.3, 0.4) is 0 Å². The molecule has 19 heavy (non-hydrogen) atoms. The van der Waals surface area contributed by atoms with Crippen LogP contribution in [0, 0.1) is 11.6 Å². The topological polar surface area (TPSA) is 47.3 Å². The first-order valence-electron chi connectivity index (χ1n) is 5.80. The predicted molar refractivity (Wildman–Crippen MR) is 68.8 cm³/mol. The molecular weight excluding hydrogens is 250 g/mol. The largest absolute Gasteiger partial charge is 0.317 e. The maximum atomic E-state index is 13.7. The molecule has 0 aliphatic rings. The van der Waals surface area contributed by atoms with Gasteiger partial charge in [0.25, 0.3) is 0 Å². The van der Waals surface area contributed by atoms with Crippen molar-refractivity contribution in [1.29, 1.82) is 0 Å². The number of halogens is 2. The Morgan fingerprint density at radius 3 is 2.58 bits per heavy atom. The number of hydroxylamine groups is 1. The number of benzene rings is 2. The van der Waals surface area contributed by atoms with Gasteiger partial charge < -0.3 is 5.73 Å². The van der Waals surface area contributed by atoms with E-state index < -0.39 is 5.82 Å². The second-order valence-corrected chi connectivity index (χ2v) is 3.92. The molecule has 5 heteroatoms. The van der Waals surface area contributed by atoms with Crippen molar-refractivity contribution in [3.8, 4) is 11.1 Å². The van der Waals surface area contributed by atoms with Gasteiger partial charge in [0.2, 0.25) is 0 Å². The zero-order valence-corrected chi connectivity index (χ0v) is 10.2. The van der Waals surface area contributed by atoms with Gasteiger partial charge in [-0.2, -0.15) is 5.48 Å². The van der Waals surface area contributed by atoms with Gasteiger partial charge in [-0.3, -0.25) is 4.84 Å². The molecule has 0 saturated carbocycles. The van der Waals surface area contributed by atoms with Crippen LogP contribution in [0.1, 0.15) is 5.56 Å². The minimum Gasteiger partial charge on any atom is -0.317 e. The molecule has 2 rings (SSSR count). The van der Waals surface area contributed by atoms with Gasteiger partial charge in [-0.1, -0.05) is 24.3 Å². The molecule has 0 fully saturated rings. The standard InChI is InChI=1S/C14H14F2N2O/c15-13-6-5-10(7-11(13)8-19-18-9-17)12-3-1-2-4-14(12)16/h1-7,18H,8-9,17H2. The molecule has 0 aliphatic heterocycles. The van der Waals surface area contributed by atoms with Crippen molar-refractivity contribution in [3.05, 3.63) is 59.7 Å². The minimum absolute atomic E-state index is 0.0192. The fourth-order valence-corrected chi connectivity index (χ4v) is 1.74. The van der Waals surface area contributed by atoms with Crippen LogP contribution in [0.25, 0.3) is 11.1 Å². The molecule has 0 aliphatic carbocycles. The molecule has 0 radical (unpaired) electrons. The second kappa shape index (κ2) is 6.38. The fraction of sp³-hybridized carbons (Fsp3) is 0.143. The van der Waals surface area contributed by atoms with Crippen LogP contribution in [0.5, 0.6) is 0 Å². The summed E-state index contributed by atoms with van der Waals surface area (Å²) in [7, 11) is 0. The third-order valence-electron chi connectivity index (χ3n) is 2.64.